The maximum absolute atomic E-state index is 13.7. The van der Waals surface area contributed by atoms with E-state index in [0.717, 1.165) is 5.56 Å². The first-order valence-electron chi connectivity index (χ1n) is 11.0. The Kier molecular flexibility index (Phi) is 7.07. The number of allylic oxidation sites excluding steroid dienone is 1. The quantitative estimate of drug-likeness (QED) is 0.470. The van der Waals surface area contributed by atoms with Gasteiger partial charge in [-0.2, -0.15) is 0 Å². The van der Waals surface area contributed by atoms with Crippen molar-refractivity contribution in [1.82, 2.24) is 4.57 Å². The minimum absolute atomic E-state index is 0.213. The van der Waals surface area contributed by atoms with Gasteiger partial charge in [0.1, 0.15) is 17.2 Å². The summed E-state index contributed by atoms with van der Waals surface area (Å²) in [6.45, 7) is 3.71. The summed E-state index contributed by atoms with van der Waals surface area (Å²) < 4.78 is 23.4. The van der Waals surface area contributed by atoms with E-state index in [1.54, 1.807) is 76.2 Å². The van der Waals surface area contributed by atoms with Gasteiger partial charge >= 0.3 is 5.97 Å². The molecule has 35 heavy (non-hydrogen) atoms. The summed E-state index contributed by atoms with van der Waals surface area (Å²) in [7, 11) is 4.73. The van der Waals surface area contributed by atoms with Gasteiger partial charge in [0.2, 0.25) is 0 Å². The third-order valence-corrected chi connectivity index (χ3v) is 6.65. The predicted molar refractivity (Wildman–Crippen MR) is 133 cm³/mol. The van der Waals surface area contributed by atoms with Crippen LogP contribution in [0.2, 0.25) is 0 Å². The Hall–Kier alpha value is -3.85. The molecule has 0 saturated heterocycles. The van der Waals surface area contributed by atoms with E-state index in [9.17, 15) is 9.59 Å². The van der Waals surface area contributed by atoms with Gasteiger partial charge < -0.3 is 18.9 Å². The molecule has 0 amide bonds. The number of nitrogens with zero attached hydrogens (tertiary/aromatic N) is 2. The maximum atomic E-state index is 13.7. The molecule has 1 aliphatic rings. The van der Waals surface area contributed by atoms with Crippen LogP contribution in [-0.2, 0) is 9.53 Å². The Morgan fingerprint density at radius 1 is 1.06 bits per heavy atom. The molecule has 8 nitrogen and oxygen atoms in total. The number of aromatic nitrogens is 1. The van der Waals surface area contributed by atoms with Crippen LogP contribution >= 0.6 is 11.3 Å². The first-order valence-corrected chi connectivity index (χ1v) is 11.8. The SMILES string of the molecule is CCOC(=O)C1=C(C)N=c2s/c(=C\c3cc(OC)ccc3OC)c(=O)n2[C@@H]1c1ccc(OC)cc1. The Labute approximate surface area is 206 Å². The van der Waals surface area contributed by atoms with Crippen LogP contribution in [0.25, 0.3) is 6.08 Å². The molecule has 0 bridgehead atoms. The zero-order valence-corrected chi connectivity index (χ0v) is 21.0. The molecule has 4 rings (SSSR count). The minimum Gasteiger partial charge on any atom is -0.497 e. The molecule has 0 unspecified atom stereocenters. The molecule has 1 aromatic heterocycles. The van der Waals surface area contributed by atoms with E-state index < -0.39 is 12.0 Å². The minimum atomic E-state index is -0.689. The number of esters is 1. The summed E-state index contributed by atoms with van der Waals surface area (Å²) in [6, 6.07) is 11.9. The van der Waals surface area contributed by atoms with Crippen molar-refractivity contribution in [2.45, 2.75) is 19.9 Å². The van der Waals surface area contributed by atoms with Crippen LogP contribution in [0.15, 0.2) is 63.5 Å². The summed E-state index contributed by atoms with van der Waals surface area (Å²) in [6.07, 6.45) is 1.75. The van der Waals surface area contributed by atoms with Crippen LogP contribution in [-0.4, -0.2) is 38.5 Å². The fourth-order valence-corrected chi connectivity index (χ4v) is 5.02. The van der Waals surface area contributed by atoms with Crippen LogP contribution in [0.3, 0.4) is 0 Å². The molecular formula is C26H26N2O6S. The van der Waals surface area contributed by atoms with Crippen molar-refractivity contribution in [2.24, 2.45) is 4.99 Å². The van der Waals surface area contributed by atoms with Crippen molar-refractivity contribution >= 4 is 23.4 Å². The topological polar surface area (TPSA) is 88.4 Å². The molecule has 0 radical (unpaired) electrons. The average molecular weight is 495 g/mol. The first kappa shape index (κ1) is 24.3. The number of rotatable bonds is 7. The Bertz CT molecular complexity index is 1470. The van der Waals surface area contributed by atoms with Gasteiger partial charge in [-0.25, -0.2) is 9.79 Å². The lowest BCUT2D eigenvalue weighted by Gasteiger charge is -2.24. The second kappa shape index (κ2) is 10.2. The number of benzene rings is 2. The van der Waals surface area contributed by atoms with Gasteiger partial charge in [-0.1, -0.05) is 23.5 Å². The first-order chi connectivity index (χ1) is 16.9. The number of hydrogen-bond acceptors (Lipinski definition) is 8. The van der Waals surface area contributed by atoms with Crippen LogP contribution in [0.5, 0.6) is 17.2 Å². The largest absolute Gasteiger partial charge is 0.497 e. The normalized spacial score (nSPS) is 15.3. The highest BCUT2D eigenvalue weighted by Gasteiger charge is 2.33. The van der Waals surface area contributed by atoms with Crippen molar-refractivity contribution in [3.63, 3.8) is 0 Å². The number of hydrogen-bond donors (Lipinski definition) is 0. The van der Waals surface area contributed by atoms with Crippen molar-refractivity contribution in [3.05, 3.63) is 84.5 Å². The smallest absolute Gasteiger partial charge is 0.338 e. The molecule has 9 heteroatoms. The number of methoxy groups -OCH3 is 3. The Morgan fingerprint density at radius 3 is 2.37 bits per heavy atom. The van der Waals surface area contributed by atoms with Crippen LogP contribution in [0.1, 0.15) is 31.0 Å². The molecule has 1 aliphatic heterocycles. The lowest BCUT2D eigenvalue weighted by molar-refractivity contribution is -0.139. The van der Waals surface area contributed by atoms with Crippen LogP contribution in [0.4, 0.5) is 0 Å². The molecule has 0 aliphatic carbocycles. The van der Waals surface area contributed by atoms with E-state index in [4.69, 9.17) is 18.9 Å². The van der Waals surface area contributed by atoms with Gasteiger partial charge in [-0.05, 0) is 55.8 Å². The molecule has 0 saturated carbocycles. The summed E-state index contributed by atoms with van der Waals surface area (Å²) in [5.74, 6) is 1.41. The summed E-state index contributed by atoms with van der Waals surface area (Å²) in [5, 5.41) is 0. The number of ether oxygens (including phenoxy) is 4. The highest BCUT2D eigenvalue weighted by atomic mass is 32.1. The van der Waals surface area contributed by atoms with E-state index in [-0.39, 0.29) is 12.2 Å². The standard InChI is InChI=1S/C26H26N2O6S/c1-6-34-25(30)22-15(2)27-26-28(23(22)16-7-9-18(31-3)10-8-16)24(29)21(35-26)14-17-13-19(32-4)11-12-20(17)33-5/h7-14,23H,6H2,1-5H3/b21-14-/t23-/m1/s1. The zero-order chi connectivity index (χ0) is 25.1. The van der Waals surface area contributed by atoms with Gasteiger partial charge in [0, 0.05) is 5.56 Å². The summed E-state index contributed by atoms with van der Waals surface area (Å²) >= 11 is 1.25. The van der Waals surface area contributed by atoms with Gasteiger partial charge in [-0.3, -0.25) is 9.36 Å². The van der Waals surface area contributed by atoms with Gasteiger partial charge in [0.15, 0.2) is 4.80 Å². The third kappa shape index (κ3) is 4.59. The van der Waals surface area contributed by atoms with E-state index >= 15 is 0 Å². The number of carbonyl (C=O) groups is 1. The molecule has 2 heterocycles. The molecular weight excluding hydrogens is 468 g/mol. The number of carbonyl (C=O) groups excluding carboxylic acids is 1. The van der Waals surface area contributed by atoms with Gasteiger partial charge in [0.05, 0.1) is 49.8 Å². The average Bonchev–Trinajstić information content (AvgIpc) is 3.17. The molecule has 1 atom stereocenters. The monoisotopic (exact) mass is 494 g/mol. The molecule has 3 aromatic rings. The number of fused-ring (bicyclic) bond motifs is 1. The van der Waals surface area contributed by atoms with Gasteiger partial charge in [0.25, 0.3) is 5.56 Å². The van der Waals surface area contributed by atoms with E-state index in [2.05, 4.69) is 4.99 Å². The molecule has 2 aromatic carbocycles. The Morgan fingerprint density at radius 2 is 1.74 bits per heavy atom. The maximum Gasteiger partial charge on any atom is 0.338 e. The molecule has 0 N–H and O–H groups in total. The highest BCUT2D eigenvalue weighted by molar-refractivity contribution is 7.07. The lowest BCUT2D eigenvalue weighted by atomic mass is 9.96. The van der Waals surface area contributed by atoms with E-state index in [1.165, 1.54) is 11.3 Å². The van der Waals surface area contributed by atoms with E-state index in [0.29, 0.717) is 43.4 Å². The molecule has 0 fully saturated rings. The van der Waals surface area contributed by atoms with Crippen molar-refractivity contribution in [3.8, 4) is 17.2 Å². The third-order valence-electron chi connectivity index (χ3n) is 5.67. The van der Waals surface area contributed by atoms with Crippen LogP contribution < -0.4 is 29.1 Å². The summed E-state index contributed by atoms with van der Waals surface area (Å²) in [5.41, 5.74) is 2.01. The lowest BCUT2D eigenvalue weighted by Crippen LogP contribution is -2.39. The second-order valence-corrected chi connectivity index (χ2v) is 8.69. The van der Waals surface area contributed by atoms with Gasteiger partial charge in [-0.15, -0.1) is 0 Å². The second-order valence-electron chi connectivity index (χ2n) is 7.68. The molecule has 0 spiro atoms. The summed E-state index contributed by atoms with van der Waals surface area (Å²) in [4.78, 5) is 31.8. The number of thiazole rings is 1. The molecule has 182 valence electrons. The van der Waals surface area contributed by atoms with Crippen molar-refractivity contribution < 1.29 is 23.7 Å². The Balaban J connectivity index is 1.95. The fourth-order valence-electron chi connectivity index (χ4n) is 3.99. The van der Waals surface area contributed by atoms with Crippen molar-refractivity contribution in [2.75, 3.05) is 27.9 Å². The zero-order valence-electron chi connectivity index (χ0n) is 20.2. The van der Waals surface area contributed by atoms with Crippen LogP contribution in [0, 0.1) is 0 Å². The fraction of sp³-hybridized carbons (Fsp3) is 0.269. The van der Waals surface area contributed by atoms with E-state index in [1.807, 2.05) is 12.1 Å². The highest BCUT2D eigenvalue weighted by Crippen LogP contribution is 2.31. The van der Waals surface area contributed by atoms with Crippen molar-refractivity contribution in [1.29, 1.82) is 0 Å². The predicted octanol–water partition coefficient (Wildman–Crippen LogP) is 2.82.